The number of methoxy groups -OCH3 is 1. The van der Waals surface area contributed by atoms with Crippen LogP contribution >= 0.6 is 0 Å². The minimum absolute atomic E-state index is 0.0260. The van der Waals surface area contributed by atoms with E-state index in [-0.39, 0.29) is 30.7 Å². The Morgan fingerprint density at radius 3 is 2.47 bits per heavy atom. The highest BCUT2D eigenvalue weighted by Crippen LogP contribution is 2.32. The van der Waals surface area contributed by atoms with Crippen molar-refractivity contribution in [2.75, 3.05) is 20.3 Å². The molecule has 0 aromatic rings. The molecule has 0 spiro atoms. The van der Waals surface area contributed by atoms with Crippen molar-refractivity contribution in [1.29, 1.82) is 0 Å². The summed E-state index contributed by atoms with van der Waals surface area (Å²) in [5, 5.41) is 19.3. The first-order valence-corrected chi connectivity index (χ1v) is 5.59. The molecule has 0 bridgehead atoms. The third-order valence-corrected chi connectivity index (χ3v) is 3.37. The number of ether oxygens (including phenoxy) is 2. The average molecular weight is 218 g/mol. The highest BCUT2D eigenvalue weighted by Gasteiger charge is 2.41. The summed E-state index contributed by atoms with van der Waals surface area (Å²) in [6, 6.07) is 0. The second kappa shape index (κ2) is 5.80. The topological polar surface area (TPSA) is 58.9 Å². The van der Waals surface area contributed by atoms with Crippen LogP contribution in [0.15, 0.2) is 0 Å². The minimum Gasteiger partial charge on any atom is -0.394 e. The Labute approximate surface area is 91.2 Å². The lowest BCUT2D eigenvalue weighted by Gasteiger charge is -2.43. The number of aliphatic hydroxyl groups is 2. The molecule has 5 atom stereocenters. The standard InChI is InChI=1S/C11H22O4/c1-4-8-9(5-12)15-10(6-14-3)7(2)11(8)13/h7-13H,4-6H2,1-3H3. The Kier molecular flexibility index (Phi) is 4.99. The molecule has 0 saturated carbocycles. The molecular formula is C11H22O4. The van der Waals surface area contributed by atoms with Gasteiger partial charge < -0.3 is 19.7 Å². The number of aliphatic hydroxyl groups excluding tert-OH is 2. The van der Waals surface area contributed by atoms with Crippen LogP contribution in [0.3, 0.4) is 0 Å². The van der Waals surface area contributed by atoms with Crippen molar-refractivity contribution >= 4 is 0 Å². The predicted molar refractivity (Wildman–Crippen MR) is 56.6 cm³/mol. The molecule has 1 fully saturated rings. The van der Waals surface area contributed by atoms with Crippen LogP contribution in [0.4, 0.5) is 0 Å². The summed E-state index contributed by atoms with van der Waals surface area (Å²) < 4.78 is 10.8. The van der Waals surface area contributed by atoms with Crippen molar-refractivity contribution in [1.82, 2.24) is 0 Å². The molecule has 1 rings (SSSR count). The fourth-order valence-corrected chi connectivity index (χ4v) is 2.32. The molecule has 1 saturated heterocycles. The minimum atomic E-state index is -0.416. The lowest BCUT2D eigenvalue weighted by molar-refractivity contribution is -0.192. The summed E-state index contributed by atoms with van der Waals surface area (Å²) in [5.74, 6) is 0.0795. The van der Waals surface area contributed by atoms with Gasteiger partial charge in [0.15, 0.2) is 0 Å². The van der Waals surface area contributed by atoms with Gasteiger partial charge in [-0.05, 0) is 6.42 Å². The van der Waals surface area contributed by atoms with Gasteiger partial charge in [-0.15, -0.1) is 0 Å². The monoisotopic (exact) mass is 218 g/mol. The SMILES string of the molecule is CCC1C(CO)OC(COC)C(C)C1O. The Bertz CT molecular complexity index is 181. The van der Waals surface area contributed by atoms with E-state index in [2.05, 4.69) is 0 Å². The Morgan fingerprint density at radius 1 is 1.33 bits per heavy atom. The van der Waals surface area contributed by atoms with Crippen molar-refractivity contribution in [2.45, 2.75) is 38.6 Å². The molecule has 0 amide bonds. The lowest BCUT2D eigenvalue weighted by atomic mass is 9.80. The second-order valence-electron chi connectivity index (χ2n) is 4.27. The maximum Gasteiger partial charge on any atom is 0.0863 e. The van der Waals surface area contributed by atoms with Gasteiger partial charge in [-0.1, -0.05) is 13.8 Å². The van der Waals surface area contributed by atoms with E-state index in [1.54, 1.807) is 7.11 Å². The molecule has 0 radical (unpaired) electrons. The van der Waals surface area contributed by atoms with Gasteiger partial charge >= 0.3 is 0 Å². The average Bonchev–Trinajstić information content (AvgIpc) is 2.24. The van der Waals surface area contributed by atoms with E-state index in [0.29, 0.717) is 6.61 Å². The Balaban J connectivity index is 2.68. The van der Waals surface area contributed by atoms with Gasteiger partial charge in [0.05, 0.1) is 31.5 Å². The smallest absolute Gasteiger partial charge is 0.0863 e. The molecule has 4 nitrogen and oxygen atoms in total. The molecule has 0 aromatic heterocycles. The van der Waals surface area contributed by atoms with Crippen LogP contribution in [0, 0.1) is 11.8 Å². The van der Waals surface area contributed by atoms with Crippen LogP contribution in [0.1, 0.15) is 20.3 Å². The summed E-state index contributed by atoms with van der Waals surface area (Å²) in [7, 11) is 1.61. The summed E-state index contributed by atoms with van der Waals surface area (Å²) in [4.78, 5) is 0. The zero-order valence-corrected chi connectivity index (χ0v) is 9.72. The van der Waals surface area contributed by atoms with Crippen LogP contribution < -0.4 is 0 Å². The fourth-order valence-electron chi connectivity index (χ4n) is 2.32. The van der Waals surface area contributed by atoms with Crippen LogP contribution in [0.25, 0.3) is 0 Å². The largest absolute Gasteiger partial charge is 0.394 e. The van der Waals surface area contributed by atoms with Gasteiger partial charge in [0.25, 0.3) is 0 Å². The van der Waals surface area contributed by atoms with E-state index < -0.39 is 6.10 Å². The summed E-state index contributed by atoms with van der Waals surface area (Å²) in [6.07, 6.45) is 0.0172. The Morgan fingerprint density at radius 2 is 2.00 bits per heavy atom. The first kappa shape index (κ1) is 12.9. The van der Waals surface area contributed by atoms with E-state index in [1.165, 1.54) is 0 Å². The summed E-state index contributed by atoms with van der Waals surface area (Å²) in [6.45, 7) is 4.39. The van der Waals surface area contributed by atoms with E-state index in [4.69, 9.17) is 9.47 Å². The first-order valence-electron chi connectivity index (χ1n) is 5.59. The van der Waals surface area contributed by atoms with Crippen LogP contribution in [0.2, 0.25) is 0 Å². The molecule has 0 aliphatic carbocycles. The lowest BCUT2D eigenvalue weighted by Crippen LogP contribution is -2.52. The van der Waals surface area contributed by atoms with E-state index >= 15 is 0 Å². The van der Waals surface area contributed by atoms with Gasteiger partial charge in [0.1, 0.15) is 0 Å². The Hall–Kier alpha value is -0.160. The van der Waals surface area contributed by atoms with Crippen LogP contribution in [0.5, 0.6) is 0 Å². The van der Waals surface area contributed by atoms with Crippen molar-refractivity contribution in [3.05, 3.63) is 0 Å². The quantitative estimate of drug-likeness (QED) is 0.718. The number of rotatable bonds is 4. The van der Waals surface area contributed by atoms with Gasteiger partial charge in [-0.2, -0.15) is 0 Å². The van der Waals surface area contributed by atoms with E-state index in [9.17, 15) is 10.2 Å². The third-order valence-electron chi connectivity index (χ3n) is 3.37. The van der Waals surface area contributed by atoms with Gasteiger partial charge in [-0.3, -0.25) is 0 Å². The summed E-state index contributed by atoms with van der Waals surface area (Å²) in [5.41, 5.74) is 0. The normalized spacial score (nSPS) is 41.8. The fraction of sp³-hybridized carbons (Fsp3) is 1.00. The van der Waals surface area contributed by atoms with Crippen molar-refractivity contribution in [2.24, 2.45) is 11.8 Å². The van der Waals surface area contributed by atoms with Crippen LogP contribution in [-0.2, 0) is 9.47 Å². The molecule has 5 unspecified atom stereocenters. The predicted octanol–water partition coefficient (Wildman–Crippen LogP) is 0.416. The highest BCUT2D eigenvalue weighted by molar-refractivity contribution is 4.89. The third kappa shape index (κ3) is 2.69. The molecule has 15 heavy (non-hydrogen) atoms. The van der Waals surface area contributed by atoms with Crippen molar-refractivity contribution < 1.29 is 19.7 Å². The van der Waals surface area contributed by atoms with Gasteiger partial charge in [-0.25, -0.2) is 0 Å². The van der Waals surface area contributed by atoms with E-state index in [1.807, 2.05) is 13.8 Å². The van der Waals surface area contributed by atoms with Crippen molar-refractivity contribution in [3.8, 4) is 0 Å². The molecule has 1 heterocycles. The summed E-state index contributed by atoms with van der Waals surface area (Å²) >= 11 is 0. The maximum atomic E-state index is 10.1. The number of hydrogen-bond donors (Lipinski definition) is 2. The van der Waals surface area contributed by atoms with Gasteiger partial charge in [0, 0.05) is 18.9 Å². The second-order valence-corrected chi connectivity index (χ2v) is 4.27. The first-order chi connectivity index (χ1) is 7.15. The molecule has 2 N–H and O–H groups in total. The molecule has 1 aliphatic rings. The van der Waals surface area contributed by atoms with Gasteiger partial charge in [0.2, 0.25) is 0 Å². The molecule has 0 aromatic carbocycles. The molecular weight excluding hydrogens is 196 g/mol. The zero-order valence-electron chi connectivity index (χ0n) is 9.72. The molecule has 90 valence electrons. The molecule has 1 aliphatic heterocycles. The maximum absolute atomic E-state index is 10.1. The van der Waals surface area contributed by atoms with E-state index in [0.717, 1.165) is 6.42 Å². The molecule has 4 heteroatoms. The van der Waals surface area contributed by atoms with Crippen LogP contribution in [-0.4, -0.2) is 48.8 Å². The zero-order chi connectivity index (χ0) is 11.4. The highest BCUT2D eigenvalue weighted by atomic mass is 16.5. The van der Waals surface area contributed by atoms with Crippen molar-refractivity contribution in [3.63, 3.8) is 0 Å². The number of hydrogen-bond acceptors (Lipinski definition) is 4.